The number of rotatable bonds is 4. The zero-order valence-electron chi connectivity index (χ0n) is 9.21. The van der Waals surface area contributed by atoms with Crippen molar-refractivity contribution in [3.05, 3.63) is 23.9 Å². The van der Waals surface area contributed by atoms with Gasteiger partial charge in [0.1, 0.15) is 0 Å². The van der Waals surface area contributed by atoms with Crippen LogP contribution in [-0.4, -0.2) is 11.1 Å². The van der Waals surface area contributed by atoms with Gasteiger partial charge in [-0.2, -0.15) is 13.2 Å². The first kappa shape index (κ1) is 12.8. The highest BCUT2D eigenvalue weighted by Gasteiger charge is 2.30. The molecule has 0 amide bonds. The van der Waals surface area contributed by atoms with Gasteiger partial charge in [-0.15, -0.1) is 0 Å². The van der Waals surface area contributed by atoms with Crippen molar-refractivity contribution in [2.24, 2.45) is 0 Å². The summed E-state index contributed by atoms with van der Waals surface area (Å²) in [6.45, 7) is 3.88. The van der Waals surface area contributed by atoms with Gasteiger partial charge in [-0.25, -0.2) is 4.98 Å². The second-order valence-electron chi connectivity index (χ2n) is 3.60. The minimum absolute atomic E-state index is 0.0331. The van der Waals surface area contributed by atoms with Crippen LogP contribution in [0.4, 0.5) is 13.2 Å². The lowest BCUT2D eigenvalue weighted by Crippen LogP contribution is -2.12. The van der Waals surface area contributed by atoms with Crippen LogP contribution in [0.25, 0.3) is 0 Å². The topological polar surface area (TPSA) is 22.1 Å². The Bertz CT molecular complexity index is 321. The molecule has 16 heavy (non-hydrogen) atoms. The van der Waals surface area contributed by atoms with E-state index >= 15 is 0 Å². The molecule has 0 bridgehead atoms. The summed E-state index contributed by atoms with van der Waals surface area (Å²) in [6.07, 6.45) is -1.78. The van der Waals surface area contributed by atoms with Crippen molar-refractivity contribution in [3.63, 3.8) is 0 Å². The van der Waals surface area contributed by atoms with Crippen LogP contribution in [0.5, 0.6) is 5.88 Å². The monoisotopic (exact) mass is 233 g/mol. The molecule has 0 N–H and O–H groups in total. The molecule has 1 rings (SSSR count). The van der Waals surface area contributed by atoms with E-state index in [2.05, 4.69) is 4.98 Å². The summed E-state index contributed by atoms with van der Waals surface area (Å²) in [5.74, 6) is 0.231. The summed E-state index contributed by atoms with van der Waals surface area (Å²) in [7, 11) is 0. The van der Waals surface area contributed by atoms with E-state index in [0.717, 1.165) is 25.1 Å². The number of alkyl halides is 3. The van der Waals surface area contributed by atoms with E-state index in [1.807, 2.05) is 13.8 Å². The van der Waals surface area contributed by atoms with Gasteiger partial charge in [-0.3, -0.25) is 0 Å². The Labute approximate surface area is 92.5 Å². The lowest BCUT2D eigenvalue weighted by atomic mass is 10.2. The van der Waals surface area contributed by atoms with Gasteiger partial charge < -0.3 is 4.74 Å². The van der Waals surface area contributed by atoms with Crippen molar-refractivity contribution in [2.75, 3.05) is 0 Å². The fraction of sp³-hybridized carbons (Fsp3) is 0.545. The molecule has 1 atom stereocenters. The first-order chi connectivity index (χ1) is 7.43. The smallest absolute Gasteiger partial charge is 0.417 e. The number of halogens is 3. The second kappa shape index (κ2) is 5.18. The van der Waals surface area contributed by atoms with Crippen molar-refractivity contribution in [1.82, 2.24) is 4.98 Å². The molecule has 0 saturated carbocycles. The van der Waals surface area contributed by atoms with Crippen LogP contribution in [0.15, 0.2) is 18.3 Å². The molecule has 90 valence electrons. The molecule has 0 aliphatic carbocycles. The molecule has 0 aromatic carbocycles. The Morgan fingerprint density at radius 1 is 1.38 bits per heavy atom. The van der Waals surface area contributed by atoms with Crippen molar-refractivity contribution in [2.45, 2.75) is 39.0 Å². The molecule has 0 aliphatic rings. The fourth-order valence-electron chi connectivity index (χ4n) is 1.29. The number of nitrogens with zero attached hydrogens (tertiary/aromatic N) is 1. The van der Waals surface area contributed by atoms with E-state index in [9.17, 15) is 13.2 Å². The van der Waals surface area contributed by atoms with E-state index in [-0.39, 0.29) is 12.0 Å². The molecule has 0 fully saturated rings. The SMILES string of the molecule is CCCC(C)Oc1ccc(C(F)(F)F)cn1. The Kier molecular flexibility index (Phi) is 4.15. The molecule has 5 heteroatoms. The zero-order chi connectivity index (χ0) is 12.2. The average Bonchev–Trinajstić information content (AvgIpc) is 2.17. The third-order valence-electron chi connectivity index (χ3n) is 2.08. The minimum atomic E-state index is -4.35. The van der Waals surface area contributed by atoms with Gasteiger partial charge in [0, 0.05) is 12.3 Å². The average molecular weight is 233 g/mol. The Morgan fingerprint density at radius 3 is 2.50 bits per heavy atom. The quantitative estimate of drug-likeness (QED) is 0.791. The molecule has 1 aromatic heterocycles. The first-order valence-electron chi connectivity index (χ1n) is 5.13. The lowest BCUT2D eigenvalue weighted by Gasteiger charge is -2.13. The molecule has 1 unspecified atom stereocenters. The number of pyridine rings is 1. The van der Waals surface area contributed by atoms with Crippen LogP contribution in [-0.2, 0) is 6.18 Å². The van der Waals surface area contributed by atoms with E-state index in [1.54, 1.807) is 0 Å². The van der Waals surface area contributed by atoms with Gasteiger partial charge in [-0.1, -0.05) is 13.3 Å². The van der Waals surface area contributed by atoms with E-state index < -0.39 is 11.7 Å². The van der Waals surface area contributed by atoms with Gasteiger partial charge in [0.2, 0.25) is 5.88 Å². The van der Waals surface area contributed by atoms with Gasteiger partial charge >= 0.3 is 6.18 Å². The molecule has 1 aromatic rings. The Morgan fingerprint density at radius 2 is 2.06 bits per heavy atom. The maximum absolute atomic E-state index is 12.2. The van der Waals surface area contributed by atoms with E-state index in [4.69, 9.17) is 4.74 Å². The summed E-state index contributed by atoms with van der Waals surface area (Å²) >= 11 is 0. The summed E-state index contributed by atoms with van der Waals surface area (Å²) in [5, 5.41) is 0. The highest BCUT2D eigenvalue weighted by Crippen LogP contribution is 2.29. The maximum Gasteiger partial charge on any atom is 0.417 e. The lowest BCUT2D eigenvalue weighted by molar-refractivity contribution is -0.137. The Balaban J connectivity index is 2.65. The highest BCUT2D eigenvalue weighted by atomic mass is 19.4. The summed E-state index contributed by atoms with van der Waals surface area (Å²) < 4.78 is 42.0. The summed E-state index contributed by atoms with van der Waals surface area (Å²) in [4.78, 5) is 3.63. The fourth-order valence-corrected chi connectivity index (χ4v) is 1.29. The standard InChI is InChI=1S/C11H14F3NO/c1-3-4-8(2)16-10-6-5-9(7-15-10)11(12,13)14/h5-8H,3-4H2,1-2H3. The third kappa shape index (κ3) is 3.72. The molecular weight excluding hydrogens is 219 g/mol. The van der Waals surface area contributed by atoms with Crippen molar-refractivity contribution >= 4 is 0 Å². The minimum Gasteiger partial charge on any atom is -0.475 e. The van der Waals surface area contributed by atoms with Crippen LogP contribution in [0.3, 0.4) is 0 Å². The van der Waals surface area contributed by atoms with E-state index in [0.29, 0.717) is 0 Å². The molecule has 0 saturated heterocycles. The van der Waals surface area contributed by atoms with Gasteiger partial charge in [0.15, 0.2) is 0 Å². The van der Waals surface area contributed by atoms with Crippen molar-refractivity contribution < 1.29 is 17.9 Å². The van der Waals surface area contributed by atoms with Gasteiger partial charge in [0.05, 0.1) is 11.7 Å². The molecule has 1 heterocycles. The van der Waals surface area contributed by atoms with Gasteiger partial charge in [-0.05, 0) is 19.4 Å². The second-order valence-corrected chi connectivity index (χ2v) is 3.60. The normalized spacial score (nSPS) is 13.6. The molecule has 0 spiro atoms. The van der Waals surface area contributed by atoms with Gasteiger partial charge in [0.25, 0.3) is 0 Å². The molecular formula is C11H14F3NO. The highest BCUT2D eigenvalue weighted by molar-refractivity contribution is 5.20. The van der Waals surface area contributed by atoms with Crippen LogP contribution < -0.4 is 4.74 Å². The summed E-state index contributed by atoms with van der Waals surface area (Å²) in [6, 6.07) is 2.22. The van der Waals surface area contributed by atoms with Crippen LogP contribution in [0.2, 0.25) is 0 Å². The number of hydrogen-bond donors (Lipinski definition) is 0. The number of hydrogen-bond acceptors (Lipinski definition) is 2. The molecule has 0 radical (unpaired) electrons. The number of aromatic nitrogens is 1. The Hall–Kier alpha value is -1.26. The first-order valence-corrected chi connectivity index (χ1v) is 5.13. The summed E-state index contributed by atoms with van der Waals surface area (Å²) in [5.41, 5.74) is -0.761. The maximum atomic E-state index is 12.2. The van der Waals surface area contributed by atoms with E-state index in [1.165, 1.54) is 6.07 Å². The predicted molar refractivity (Wildman–Crippen MR) is 54.2 cm³/mol. The van der Waals surface area contributed by atoms with Crippen molar-refractivity contribution in [1.29, 1.82) is 0 Å². The number of ether oxygens (including phenoxy) is 1. The largest absolute Gasteiger partial charge is 0.475 e. The third-order valence-corrected chi connectivity index (χ3v) is 2.08. The predicted octanol–water partition coefficient (Wildman–Crippen LogP) is 3.67. The molecule has 2 nitrogen and oxygen atoms in total. The van der Waals surface area contributed by atoms with Crippen LogP contribution in [0, 0.1) is 0 Å². The zero-order valence-corrected chi connectivity index (χ0v) is 9.21. The van der Waals surface area contributed by atoms with Crippen molar-refractivity contribution in [3.8, 4) is 5.88 Å². The van der Waals surface area contributed by atoms with Crippen LogP contribution in [0.1, 0.15) is 32.3 Å². The van der Waals surface area contributed by atoms with Crippen LogP contribution >= 0.6 is 0 Å². The molecule has 0 aliphatic heterocycles.